The summed E-state index contributed by atoms with van der Waals surface area (Å²) in [4.78, 5) is 19.3. The Kier molecular flexibility index (Phi) is 4.36. The number of thioether (sulfide) groups is 1. The third-order valence-corrected chi connectivity index (χ3v) is 2.53. The van der Waals surface area contributed by atoms with Crippen molar-refractivity contribution in [1.29, 1.82) is 0 Å². The number of carbonyl (C=O) groups excluding carboxylic acids is 1. The molecule has 0 aromatic carbocycles. The van der Waals surface area contributed by atoms with Crippen molar-refractivity contribution in [2.45, 2.75) is 13.0 Å². The maximum atomic E-state index is 11.6. The van der Waals surface area contributed by atoms with Crippen LogP contribution in [-0.2, 0) is 0 Å². The molecule has 1 heterocycles. The number of nitrogens with two attached hydrogens (primary N) is 1. The first kappa shape index (κ1) is 11.8. The van der Waals surface area contributed by atoms with Gasteiger partial charge in [-0.05, 0) is 13.2 Å². The van der Waals surface area contributed by atoms with Gasteiger partial charge in [0.15, 0.2) is 0 Å². The maximum absolute atomic E-state index is 11.6. The SMILES string of the molecule is CSCC(C)NC(=O)c1cnc(N)cn1. The fourth-order valence-electron chi connectivity index (χ4n) is 1.04. The lowest BCUT2D eigenvalue weighted by molar-refractivity contribution is 0.0938. The van der Waals surface area contributed by atoms with Crippen molar-refractivity contribution in [1.82, 2.24) is 15.3 Å². The van der Waals surface area contributed by atoms with Crippen LogP contribution in [0.1, 0.15) is 17.4 Å². The molecule has 1 aromatic heterocycles. The normalized spacial score (nSPS) is 12.1. The van der Waals surface area contributed by atoms with Gasteiger partial charge in [-0.15, -0.1) is 0 Å². The van der Waals surface area contributed by atoms with Crippen LogP contribution >= 0.6 is 11.8 Å². The monoisotopic (exact) mass is 226 g/mol. The number of aromatic nitrogens is 2. The van der Waals surface area contributed by atoms with Crippen molar-refractivity contribution in [3.05, 3.63) is 18.1 Å². The average molecular weight is 226 g/mol. The van der Waals surface area contributed by atoms with Crippen molar-refractivity contribution < 1.29 is 4.79 Å². The second-order valence-corrected chi connectivity index (χ2v) is 4.07. The number of nitrogens with zero attached hydrogens (tertiary/aromatic N) is 2. The lowest BCUT2D eigenvalue weighted by atomic mass is 10.3. The number of rotatable bonds is 4. The Balaban J connectivity index is 2.57. The van der Waals surface area contributed by atoms with Gasteiger partial charge < -0.3 is 11.1 Å². The largest absolute Gasteiger partial charge is 0.382 e. The van der Waals surface area contributed by atoms with E-state index in [2.05, 4.69) is 15.3 Å². The lowest BCUT2D eigenvalue weighted by Gasteiger charge is -2.11. The second-order valence-electron chi connectivity index (χ2n) is 3.16. The minimum Gasteiger partial charge on any atom is -0.382 e. The zero-order valence-corrected chi connectivity index (χ0v) is 9.54. The summed E-state index contributed by atoms with van der Waals surface area (Å²) in [5.74, 6) is 0.960. The standard InChI is InChI=1S/C9H14N4OS/c1-6(5-15-2)13-9(14)7-3-12-8(10)4-11-7/h3-4,6H,5H2,1-2H3,(H2,10,12)(H,13,14). The first-order valence-electron chi connectivity index (χ1n) is 4.50. The summed E-state index contributed by atoms with van der Waals surface area (Å²) >= 11 is 1.68. The van der Waals surface area contributed by atoms with Gasteiger partial charge in [-0.25, -0.2) is 9.97 Å². The summed E-state index contributed by atoms with van der Waals surface area (Å²) in [5, 5.41) is 2.81. The Labute approximate surface area is 92.9 Å². The van der Waals surface area contributed by atoms with Crippen molar-refractivity contribution in [3.8, 4) is 0 Å². The Hall–Kier alpha value is -1.30. The molecule has 0 fully saturated rings. The fourth-order valence-corrected chi connectivity index (χ4v) is 1.63. The molecular formula is C9H14N4OS. The van der Waals surface area contributed by atoms with Gasteiger partial charge in [0.25, 0.3) is 5.91 Å². The zero-order chi connectivity index (χ0) is 11.3. The quantitative estimate of drug-likeness (QED) is 0.783. The van der Waals surface area contributed by atoms with E-state index >= 15 is 0 Å². The molecule has 0 radical (unpaired) electrons. The van der Waals surface area contributed by atoms with Crippen LogP contribution in [0.5, 0.6) is 0 Å². The van der Waals surface area contributed by atoms with E-state index in [1.165, 1.54) is 12.4 Å². The number of hydrogen-bond donors (Lipinski definition) is 2. The van der Waals surface area contributed by atoms with E-state index in [9.17, 15) is 4.79 Å². The van der Waals surface area contributed by atoms with Crippen LogP contribution in [0.4, 0.5) is 5.82 Å². The summed E-state index contributed by atoms with van der Waals surface area (Å²) in [6.07, 6.45) is 4.73. The fraction of sp³-hybridized carbons (Fsp3) is 0.444. The molecule has 1 amide bonds. The van der Waals surface area contributed by atoms with Gasteiger partial charge >= 0.3 is 0 Å². The predicted molar refractivity (Wildman–Crippen MR) is 61.8 cm³/mol. The van der Waals surface area contributed by atoms with E-state index in [1.807, 2.05) is 13.2 Å². The summed E-state index contributed by atoms with van der Waals surface area (Å²) in [6.45, 7) is 1.94. The molecular weight excluding hydrogens is 212 g/mol. The molecule has 1 unspecified atom stereocenters. The van der Waals surface area contributed by atoms with Gasteiger partial charge in [-0.2, -0.15) is 11.8 Å². The molecule has 0 saturated heterocycles. The van der Waals surface area contributed by atoms with Crippen molar-refractivity contribution in [2.75, 3.05) is 17.7 Å². The molecule has 1 rings (SSSR count). The van der Waals surface area contributed by atoms with Gasteiger partial charge in [-0.1, -0.05) is 0 Å². The van der Waals surface area contributed by atoms with E-state index in [0.717, 1.165) is 5.75 Å². The number of anilines is 1. The third kappa shape index (κ3) is 3.75. The van der Waals surface area contributed by atoms with E-state index < -0.39 is 0 Å². The molecule has 0 saturated carbocycles. The van der Waals surface area contributed by atoms with Crippen LogP contribution in [0.25, 0.3) is 0 Å². The summed E-state index contributed by atoms with van der Waals surface area (Å²) in [7, 11) is 0. The number of amides is 1. The lowest BCUT2D eigenvalue weighted by Crippen LogP contribution is -2.34. The first-order chi connectivity index (χ1) is 7.13. The molecule has 0 aliphatic heterocycles. The van der Waals surface area contributed by atoms with Gasteiger partial charge in [-0.3, -0.25) is 4.79 Å². The number of nitrogen functional groups attached to an aromatic ring is 1. The Morgan fingerprint density at radius 2 is 2.33 bits per heavy atom. The molecule has 5 nitrogen and oxygen atoms in total. The minimum absolute atomic E-state index is 0.117. The third-order valence-electron chi connectivity index (χ3n) is 1.70. The number of carbonyl (C=O) groups is 1. The highest BCUT2D eigenvalue weighted by atomic mass is 32.2. The summed E-state index contributed by atoms with van der Waals surface area (Å²) in [6, 6.07) is 0.117. The highest BCUT2D eigenvalue weighted by Gasteiger charge is 2.10. The molecule has 0 aliphatic carbocycles. The van der Waals surface area contributed by atoms with Crippen molar-refractivity contribution in [2.24, 2.45) is 0 Å². The predicted octanol–water partition coefficient (Wildman–Crippen LogP) is 0.540. The van der Waals surface area contributed by atoms with Gasteiger partial charge in [0.2, 0.25) is 0 Å². The zero-order valence-electron chi connectivity index (χ0n) is 8.73. The molecule has 1 atom stereocenters. The Bertz CT molecular complexity index is 327. The van der Waals surface area contributed by atoms with E-state index in [4.69, 9.17) is 5.73 Å². The highest BCUT2D eigenvalue weighted by Crippen LogP contribution is 1.99. The van der Waals surface area contributed by atoms with E-state index in [-0.39, 0.29) is 17.6 Å². The van der Waals surface area contributed by atoms with Crippen molar-refractivity contribution in [3.63, 3.8) is 0 Å². The number of nitrogens with one attached hydrogen (secondary N) is 1. The molecule has 3 N–H and O–H groups in total. The van der Waals surface area contributed by atoms with Crippen LogP contribution in [0, 0.1) is 0 Å². The molecule has 82 valence electrons. The number of hydrogen-bond acceptors (Lipinski definition) is 5. The minimum atomic E-state index is -0.218. The smallest absolute Gasteiger partial charge is 0.271 e. The van der Waals surface area contributed by atoms with Crippen LogP contribution in [0.2, 0.25) is 0 Å². The van der Waals surface area contributed by atoms with Gasteiger partial charge in [0.05, 0.1) is 12.4 Å². The molecule has 0 bridgehead atoms. The average Bonchev–Trinajstić information content (AvgIpc) is 2.18. The van der Waals surface area contributed by atoms with Gasteiger partial charge in [0, 0.05) is 11.8 Å². The summed E-state index contributed by atoms with van der Waals surface area (Å²) < 4.78 is 0. The molecule has 6 heteroatoms. The molecule has 15 heavy (non-hydrogen) atoms. The van der Waals surface area contributed by atoms with Crippen molar-refractivity contribution >= 4 is 23.5 Å². The van der Waals surface area contributed by atoms with E-state index in [1.54, 1.807) is 11.8 Å². The molecule has 1 aromatic rings. The van der Waals surface area contributed by atoms with Crippen LogP contribution in [0.3, 0.4) is 0 Å². The van der Waals surface area contributed by atoms with Gasteiger partial charge in [0.1, 0.15) is 11.5 Å². The molecule has 0 aliphatic rings. The van der Waals surface area contributed by atoms with E-state index in [0.29, 0.717) is 5.82 Å². The van der Waals surface area contributed by atoms with Crippen LogP contribution < -0.4 is 11.1 Å². The molecule has 0 spiro atoms. The maximum Gasteiger partial charge on any atom is 0.271 e. The Morgan fingerprint density at radius 1 is 1.60 bits per heavy atom. The Morgan fingerprint density at radius 3 is 2.87 bits per heavy atom. The summed E-state index contributed by atoms with van der Waals surface area (Å²) in [5.41, 5.74) is 5.66. The topological polar surface area (TPSA) is 80.9 Å². The van der Waals surface area contributed by atoms with Crippen LogP contribution in [0.15, 0.2) is 12.4 Å². The second kappa shape index (κ2) is 5.55. The highest BCUT2D eigenvalue weighted by molar-refractivity contribution is 7.98. The van der Waals surface area contributed by atoms with Crippen LogP contribution in [-0.4, -0.2) is 33.9 Å². The first-order valence-corrected chi connectivity index (χ1v) is 5.90.